The van der Waals surface area contributed by atoms with Gasteiger partial charge < -0.3 is 0 Å². The van der Waals surface area contributed by atoms with E-state index in [0.717, 1.165) is 6.16 Å². The van der Waals surface area contributed by atoms with Crippen molar-refractivity contribution in [2.75, 3.05) is 0 Å². The number of allylic oxidation sites excluding steroid dienone is 4. The molecule has 0 heterocycles. The Kier molecular flexibility index (Phi) is 7.35. The molecule has 0 aromatic rings. The van der Waals surface area contributed by atoms with Crippen molar-refractivity contribution in [3.8, 4) is 0 Å². The summed E-state index contributed by atoms with van der Waals surface area (Å²) >= 11 is -1.51. The summed E-state index contributed by atoms with van der Waals surface area (Å²) in [7, 11) is 0. The molecule has 0 spiro atoms. The Morgan fingerprint density at radius 2 is 1.00 bits per heavy atom. The molecule has 0 bridgehead atoms. The Bertz CT molecular complexity index is 344. The fraction of sp³-hybridized carbons (Fsp3) is 0.500. The summed E-state index contributed by atoms with van der Waals surface area (Å²) in [5.41, 5.74) is 0. The Labute approximate surface area is 114 Å². The molecule has 0 atom stereocenters. The van der Waals surface area contributed by atoms with Crippen LogP contribution in [0.4, 0.5) is 0 Å². The molecule has 17 heavy (non-hydrogen) atoms. The molecule has 0 aliphatic heterocycles. The van der Waals surface area contributed by atoms with Crippen LogP contribution in [-0.2, 0) is 43.6 Å². The molecule has 0 N–H and O–H groups in total. The van der Waals surface area contributed by atoms with Gasteiger partial charge in [-0.3, -0.25) is 0 Å². The number of carbonyl (C=O) groups excluding carboxylic acids is 2. The van der Waals surface area contributed by atoms with E-state index in [9.17, 15) is 9.59 Å². The molecule has 0 aromatic heterocycles. The molecular weight excluding hydrogens is 409 g/mol. The zero-order valence-corrected chi connectivity index (χ0v) is 16.8. The zero-order valence-electron chi connectivity index (χ0n) is 11.3. The minimum atomic E-state index is -1.51. The number of ether oxygens (including phenoxy) is 2. The molecule has 5 heteroatoms. The first-order valence-electron chi connectivity index (χ1n) is 5.43. The van der Waals surface area contributed by atoms with Crippen molar-refractivity contribution in [3.63, 3.8) is 0 Å². The number of hydrogen-bond donors (Lipinski definition) is 0. The van der Waals surface area contributed by atoms with Gasteiger partial charge in [0.25, 0.3) is 0 Å². The van der Waals surface area contributed by atoms with Crippen molar-refractivity contribution in [1.29, 1.82) is 0 Å². The predicted octanol–water partition coefficient (Wildman–Crippen LogP) is 2.70. The van der Waals surface area contributed by atoms with E-state index in [4.69, 9.17) is 9.47 Å². The quantitative estimate of drug-likeness (QED) is 0.394. The third-order valence-electron chi connectivity index (χ3n) is 2.33. The van der Waals surface area contributed by atoms with Crippen LogP contribution in [0.25, 0.3) is 0 Å². The van der Waals surface area contributed by atoms with E-state index in [1.165, 1.54) is 13.8 Å². The van der Waals surface area contributed by atoms with E-state index < -0.39 is 24.6 Å². The molecule has 0 radical (unpaired) electrons. The number of carbonyl (C=O) groups is 2. The molecule has 0 saturated heterocycles. The second kappa shape index (κ2) is 7.64. The Morgan fingerprint density at radius 3 is 1.24 bits per heavy atom. The molecule has 0 unspecified atom stereocenters. The van der Waals surface area contributed by atoms with Crippen molar-refractivity contribution in [3.05, 3.63) is 17.7 Å². The van der Waals surface area contributed by atoms with E-state index in [1.54, 1.807) is 13.8 Å². The maximum absolute atomic E-state index is 10.8. The van der Waals surface area contributed by atoms with E-state index >= 15 is 0 Å². The fourth-order valence-electron chi connectivity index (χ4n) is 1.25. The van der Waals surface area contributed by atoms with Gasteiger partial charge in [-0.15, -0.1) is 0 Å². The molecule has 4 nitrogen and oxygen atoms in total. The predicted molar refractivity (Wildman–Crippen MR) is 60.3 cm³/mol. The van der Waals surface area contributed by atoms with Gasteiger partial charge in [0.15, 0.2) is 0 Å². The van der Waals surface area contributed by atoms with Gasteiger partial charge in [0.2, 0.25) is 0 Å². The van der Waals surface area contributed by atoms with Crippen LogP contribution in [-0.4, -0.2) is 11.9 Å². The first-order chi connectivity index (χ1) is 7.73. The number of rotatable bonds is 4. The topological polar surface area (TPSA) is 52.6 Å². The van der Waals surface area contributed by atoms with Gasteiger partial charge in [0, 0.05) is 0 Å². The van der Waals surface area contributed by atoms with Gasteiger partial charge in [-0.1, -0.05) is 0 Å². The van der Waals surface area contributed by atoms with Gasteiger partial charge in [-0.05, 0) is 0 Å². The number of esters is 2. The zero-order chi connectivity index (χ0) is 13.6. The van der Waals surface area contributed by atoms with Crippen LogP contribution in [0.3, 0.4) is 0 Å². The molecule has 0 saturated carbocycles. The van der Waals surface area contributed by atoms with Gasteiger partial charge in [-0.2, -0.15) is 0 Å². The Hall–Kier alpha value is -0.645. The van der Waals surface area contributed by atoms with Gasteiger partial charge in [-0.25, -0.2) is 0 Å². The van der Waals surface area contributed by atoms with Crippen LogP contribution in [0.5, 0.6) is 0 Å². The Balaban J connectivity index is 4.72. The summed E-state index contributed by atoms with van der Waals surface area (Å²) < 4.78 is 12.4. The van der Waals surface area contributed by atoms with Crippen LogP contribution in [0.1, 0.15) is 41.5 Å². The SMILES string of the molecule is CC(=O)OC(C)=[C](C)[Hg][C](C)=C(C)OC(C)=O. The van der Waals surface area contributed by atoms with E-state index in [1.807, 2.05) is 13.8 Å². The molecule has 0 amide bonds. The molecule has 0 fully saturated rings. The third kappa shape index (κ3) is 7.31. The van der Waals surface area contributed by atoms with Crippen molar-refractivity contribution < 1.29 is 43.6 Å². The molecular formula is C12H18HgO4. The summed E-state index contributed by atoms with van der Waals surface area (Å²) in [6.07, 6.45) is 0. The van der Waals surface area contributed by atoms with Crippen LogP contribution in [0.15, 0.2) is 17.7 Å². The first kappa shape index (κ1) is 16.4. The first-order valence-corrected chi connectivity index (χ1v) is 10.9. The molecule has 92 valence electrons. The number of hydrogen-bond acceptors (Lipinski definition) is 4. The van der Waals surface area contributed by atoms with Gasteiger partial charge in [0.05, 0.1) is 0 Å². The van der Waals surface area contributed by atoms with Gasteiger partial charge >= 0.3 is 115 Å². The summed E-state index contributed by atoms with van der Waals surface area (Å²) in [6.45, 7) is 10.3. The van der Waals surface area contributed by atoms with Crippen molar-refractivity contribution >= 4 is 11.9 Å². The fourth-order valence-corrected chi connectivity index (χ4v) is 6.84. The average molecular weight is 427 g/mol. The minimum absolute atomic E-state index is 0.298. The van der Waals surface area contributed by atoms with Gasteiger partial charge in [0.1, 0.15) is 0 Å². The third-order valence-corrected chi connectivity index (χ3v) is 10.3. The van der Waals surface area contributed by atoms with E-state index in [-0.39, 0.29) is 11.9 Å². The molecule has 0 rings (SSSR count). The van der Waals surface area contributed by atoms with E-state index in [0.29, 0.717) is 11.5 Å². The summed E-state index contributed by atoms with van der Waals surface area (Å²) in [6, 6.07) is 0. The Morgan fingerprint density at radius 1 is 0.706 bits per heavy atom. The molecule has 0 aromatic carbocycles. The van der Waals surface area contributed by atoms with Crippen LogP contribution >= 0.6 is 0 Å². The second-order valence-electron chi connectivity index (χ2n) is 4.04. The molecule has 0 aliphatic carbocycles. The van der Waals surface area contributed by atoms with Crippen molar-refractivity contribution in [2.45, 2.75) is 41.5 Å². The average Bonchev–Trinajstić information content (AvgIpc) is 2.15. The van der Waals surface area contributed by atoms with Crippen LogP contribution in [0.2, 0.25) is 0 Å². The normalized spacial score (nSPS) is 13.1. The van der Waals surface area contributed by atoms with E-state index in [2.05, 4.69) is 0 Å². The van der Waals surface area contributed by atoms with Crippen molar-refractivity contribution in [1.82, 2.24) is 0 Å². The monoisotopic (exact) mass is 428 g/mol. The summed E-state index contributed by atoms with van der Waals surface area (Å²) in [5, 5.41) is 0. The van der Waals surface area contributed by atoms with Crippen LogP contribution < -0.4 is 0 Å². The van der Waals surface area contributed by atoms with Crippen molar-refractivity contribution in [2.24, 2.45) is 0 Å². The maximum atomic E-state index is 10.8. The molecule has 0 aliphatic rings. The van der Waals surface area contributed by atoms with Crippen LogP contribution in [0, 0.1) is 0 Å². The second-order valence-corrected chi connectivity index (χ2v) is 13.7. The summed E-state index contributed by atoms with van der Waals surface area (Å²) in [4.78, 5) is 21.6. The summed E-state index contributed by atoms with van der Waals surface area (Å²) in [5.74, 6) is 0.783. The standard InChI is InChI=1S/2C6H9O2.Hg/c2*1-4-5(2)8-6(3)7;/h2*1-3H3;.